The van der Waals surface area contributed by atoms with Crippen LogP contribution in [0.2, 0.25) is 0 Å². The third-order valence-electron chi connectivity index (χ3n) is 14.3. The zero-order valence-corrected chi connectivity index (χ0v) is 50.1. The Labute approximate surface area is 470 Å². The molecule has 0 atom stereocenters. The predicted octanol–water partition coefficient (Wildman–Crippen LogP) is 13.6. The normalized spacial score (nSPS) is 18.9. The molecule has 74 heavy (non-hydrogen) atoms. The standard InChI is InChI=1S/C54H58B2N6O4S8/c1-51(2)52(3,4)64-55(63-51)39-19-15-13-17-37(39)29-61-31-41(57-59-61)33-21-25-35(26-22-33)43(45-71-47(67-9)48(68-10)72-45)44(46-73-49(69-11)50(70-12)74-46)36-27-23-34(24-28-36)42-32-62(60-58-42)30-38-18-14-16-20-40(38)56-65-53(5,6)54(7,8)66-56/h13-28,31-32H,29-30H2,1-12H3. The van der Waals surface area contributed by atoms with E-state index in [2.05, 4.69) is 174 Å². The van der Waals surface area contributed by atoms with Gasteiger partial charge in [0.1, 0.15) is 11.4 Å². The fraction of sp³-hybridized carbons (Fsp3) is 0.333. The monoisotopic (exact) mass is 1130 g/mol. The van der Waals surface area contributed by atoms with E-state index < -0.39 is 36.6 Å². The van der Waals surface area contributed by atoms with Gasteiger partial charge in [0.05, 0.1) is 73.3 Å². The molecule has 0 N–H and O–H groups in total. The Bertz CT molecular complexity index is 2940. The van der Waals surface area contributed by atoms with Crippen molar-refractivity contribution in [2.45, 2.75) is 90.9 Å². The van der Waals surface area contributed by atoms with E-state index in [4.69, 9.17) is 18.6 Å². The number of allylic oxidation sites excluding steroid dienone is 2. The van der Waals surface area contributed by atoms with Crippen molar-refractivity contribution in [3.8, 4) is 22.5 Å². The first kappa shape index (κ1) is 54.3. The van der Waals surface area contributed by atoms with Crippen LogP contribution in [0.15, 0.2) is 135 Å². The van der Waals surface area contributed by atoms with Gasteiger partial charge in [0.2, 0.25) is 0 Å². The van der Waals surface area contributed by atoms with Crippen LogP contribution >= 0.6 is 94.1 Å². The van der Waals surface area contributed by atoms with Crippen LogP contribution in [0.1, 0.15) is 77.6 Å². The van der Waals surface area contributed by atoms with Crippen molar-refractivity contribution in [2.24, 2.45) is 0 Å². The van der Waals surface area contributed by atoms with Crippen LogP contribution in [0.5, 0.6) is 0 Å². The Morgan fingerprint density at radius 3 is 1.08 bits per heavy atom. The third-order valence-corrected chi connectivity index (χ3v) is 24.7. The fourth-order valence-electron chi connectivity index (χ4n) is 8.71. The lowest BCUT2D eigenvalue weighted by Gasteiger charge is -2.32. The van der Waals surface area contributed by atoms with Gasteiger partial charge in [-0.3, -0.25) is 0 Å². The number of rotatable bonds is 15. The van der Waals surface area contributed by atoms with E-state index in [0.29, 0.717) is 13.1 Å². The predicted molar refractivity (Wildman–Crippen MR) is 326 cm³/mol. The van der Waals surface area contributed by atoms with Crippen molar-refractivity contribution in [1.29, 1.82) is 0 Å². The zero-order chi connectivity index (χ0) is 52.2. The molecule has 2 aromatic heterocycles. The summed E-state index contributed by atoms with van der Waals surface area (Å²) in [5.74, 6) is 0. The van der Waals surface area contributed by atoms with Crippen LogP contribution in [-0.2, 0) is 31.7 Å². The molecule has 6 aromatic rings. The molecule has 10 rings (SSSR count). The summed E-state index contributed by atoms with van der Waals surface area (Å²) in [4.78, 5) is 0. The minimum atomic E-state index is -0.466. The van der Waals surface area contributed by atoms with Crippen LogP contribution in [0, 0.1) is 0 Å². The molecule has 382 valence electrons. The Kier molecular flexibility index (Phi) is 16.1. The molecular formula is C54H58B2N6O4S8. The van der Waals surface area contributed by atoms with Crippen molar-refractivity contribution >= 4 is 130 Å². The van der Waals surface area contributed by atoms with Crippen molar-refractivity contribution < 1.29 is 18.6 Å². The van der Waals surface area contributed by atoms with Gasteiger partial charge < -0.3 is 18.6 Å². The summed E-state index contributed by atoms with van der Waals surface area (Å²) in [6.07, 6.45) is 12.8. The molecule has 0 aliphatic carbocycles. The topological polar surface area (TPSA) is 98.3 Å². The summed E-state index contributed by atoms with van der Waals surface area (Å²) in [5.41, 5.74) is 10.7. The molecule has 0 unspecified atom stereocenters. The maximum absolute atomic E-state index is 6.46. The molecule has 4 aliphatic heterocycles. The molecule has 0 spiro atoms. The second kappa shape index (κ2) is 22.0. The molecule has 0 amide bonds. The van der Waals surface area contributed by atoms with Crippen molar-refractivity contribution in [1.82, 2.24) is 30.0 Å². The van der Waals surface area contributed by atoms with Crippen LogP contribution in [-0.4, -0.2) is 91.7 Å². The molecular weight excluding hydrogens is 1070 g/mol. The van der Waals surface area contributed by atoms with Gasteiger partial charge in [-0.15, -0.1) is 57.2 Å². The number of hydrogen-bond acceptors (Lipinski definition) is 16. The summed E-state index contributed by atoms with van der Waals surface area (Å²) >= 11 is 14.8. The Morgan fingerprint density at radius 2 is 0.770 bits per heavy atom. The van der Waals surface area contributed by atoms with Crippen LogP contribution in [0.25, 0.3) is 33.7 Å². The number of nitrogens with zero attached hydrogens (tertiary/aromatic N) is 6. The first-order valence-corrected chi connectivity index (χ1v) is 32.3. The van der Waals surface area contributed by atoms with Crippen molar-refractivity contribution in [3.05, 3.63) is 157 Å². The van der Waals surface area contributed by atoms with E-state index in [0.717, 1.165) is 55.7 Å². The molecule has 10 nitrogen and oxygen atoms in total. The lowest BCUT2D eigenvalue weighted by molar-refractivity contribution is 0.00578. The first-order chi connectivity index (χ1) is 35.4. The van der Waals surface area contributed by atoms with E-state index >= 15 is 0 Å². The Balaban J connectivity index is 0.960. The second-order valence-corrected chi connectivity index (χ2v) is 28.9. The highest BCUT2D eigenvalue weighted by atomic mass is 32.3. The molecule has 0 saturated carbocycles. The number of aromatic nitrogens is 6. The minimum absolute atomic E-state index is 0.438. The maximum Gasteiger partial charge on any atom is 0.495 e. The summed E-state index contributed by atoms with van der Waals surface area (Å²) in [6.45, 7) is 17.7. The van der Waals surface area contributed by atoms with Gasteiger partial charge in [-0.25, -0.2) is 9.36 Å². The molecule has 2 fully saturated rings. The molecule has 20 heteroatoms. The lowest BCUT2D eigenvalue weighted by atomic mass is 9.76. The molecule has 6 heterocycles. The van der Waals surface area contributed by atoms with E-state index in [-0.39, 0.29) is 0 Å². The van der Waals surface area contributed by atoms with Crippen molar-refractivity contribution in [3.63, 3.8) is 0 Å². The van der Waals surface area contributed by atoms with Gasteiger partial charge in [-0.1, -0.05) is 155 Å². The van der Waals surface area contributed by atoms with Gasteiger partial charge in [-0.2, -0.15) is 0 Å². The molecule has 0 radical (unpaired) electrons. The summed E-state index contributed by atoms with van der Waals surface area (Å²) in [6, 6.07) is 34.3. The summed E-state index contributed by atoms with van der Waals surface area (Å²) in [5, 5.41) is 18.6. The van der Waals surface area contributed by atoms with Gasteiger partial charge in [-0.05, 0) is 114 Å². The molecule has 4 aromatic carbocycles. The van der Waals surface area contributed by atoms with Crippen LogP contribution < -0.4 is 10.9 Å². The second-order valence-electron chi connectivity index (χ2n) is 20.0. The minimum Gasteiger partial charge on any atom is -0.399 e. The SMILES string of the molecule is CSC1=C(SC)SC(=C(C(=C2SC(SC)=C(SC)S2)c2ccc(-c3cn(Cc4ccccc4B4OC(C)(C)C(C)(C)O4)nn3)cc2)c2ccc(-c3cn(Cc4ccccc4B4OC(C)(C)C(C)(C)O4)nn3)cc2)S1. The first-order valence-electron chi connectivity index (χ1n) is 24.1. The average Bonchev–Trinajstić information content (AvgIpc) is 4.26. The molecule has 0 bridgehead atoms. The smallest absolute Gasteiger partial charge is 0.399 e. The largest absolute Gasteiger partial charge is 0.495 e. The van der Waals surface area contributed by atoms with E-state index in [9.17, 15) is 0 Å². The maximum atomic E-state index is 6.46. The summed E-state index contributed by atoms with van der Waals surface area (Å²) in [7, 11) is -0.932. The summed E-state index contributed by atoms with van der Waals surface area (Å²) < 4.78 is 37.4. The van der Waals surface area contributed by atoms with Gasteiger partial charge in [0.25, 0.3) is 0 Å². The Morgan fingerprint density at radius 1 is 0.459 bits per heavy atom. The fourth-order valence-corrected chi connectivity index (χ4v) is 19.0. The highest BCUT2D eigenvalue weighted by Gasteiger charge is 2.53. The van der Waals surface area contributed by atoms with E-state index in [1.54, 1.807) is 0 Å². The lowest BCUT2D eigenvalue weighted by Crippen LogP contribution is -2.41. The van der Waals surface area contributed by atoms with E-state index in [1.165, 1.54) is 36.6 Å². The highest BCUT2D eigenvalue weighted by molar-refractivity contribution is 8.41. The van der Waals surface area contributed by atoms with Crippen LogP contribution in [0.4, 0.5) is 0 Å². The quantitative estimate of drug-likeness (QED) is 0.0912. The molecule has 2 saturated heterocycles. The van der Waals surface area contributed by atoms with Gasteiger partial charge in [0.15, 0.2) is 0 Å². The number of benzene rings is 4. The highest BCUT2D eigenvalue weighted by Crippen LogP contribution is 2.64. The Hall–Kier alpha value is -3.11. The molecule has 4 aliphatic rings. The average molecular weight is 1130 g/mol. The van der Waals surface area contributed by atoms with Gasteiger partial charge >= 0.3 is 14.2 Å². The van der Waals surface area contributed by atoms with Crippen molar-refractivity contribution in [2.75, 3.05) is 25.0 Å². The van der Waals surface area contributed by atoms with Gasteiger partial charge in [0, 0.05) is 22.3 Å². The third kappa shape index (κ3) is 10.9. The number of hydrogen-bond donors (Lipinski definition) is 0. The zero-order valence-electron chi connectivity index (χ0n) is 43.5. The van der Waals surface area contributed by atoms with Crippen LogP contribution in [0.3, 0.4) is 0 Å². The van der Waals surface area contributed by atoms with E-state index in [1.807, 2.05) is 140 Å². The number of thioether (sulfide) groups is 8.